The van der Waals surface area contributed by atoms with Crippen LogP contribution in [0.2, 0.25) is 0 Å². The second-order valence-electron chi connectivity index (χ2n) is 15.4. The van der Waals surface area contributed by atoms with Gasteiger partial charge in [-0.15, -0.1) is 0 Å². The van der Waals surface area contributed by atoms with Crippen LogP contribution in [0.4, 0.5) is 11.4 Å². The van der Waals surface area contributed by atoms with E-state index in [1.54, 1.807) is 23.8 Å². The van der Waals surface area contributed by atoms with E-state index in [-0.39, 0.29) is 47.6 Å². The molecule has 15 heteroatoms. The van der Waals surface area contributed by atoms with E-state index in [9.17, 15) is 27.6 Å². The summed E-state index contributed by atoms with van der Waals surface area (Å²) < 4.78 is 38.4. The number of sulfonamides is 1. The van der Waals surface area contributed by atoms with Gasteiger partial charge in [0.15, 0.2) is 0 Å². The van der Waals surface area contributed by atoms with Gasteiger partial charge >= 0.3 is 0 Å². The van der Waals surface area contributed by atoms with Crippen LogP contribution < -0.4 is 15.4 Å². The van der Waals surface area contributed by atoms with E-state index in [2.05, 4.69) is 5.32 Å². The molecule has 1 aromatic carbocycles. The predicted molar refractivity (Wildman–Crippen MR) is 208 cm³/mol. The number of methoxy groups -OCH3 is 2. The number of nitrogen functional groups attached to an aromatic ring is 1. The Labute approximate surface area is 318 Å². The molecule has 1 aliphatic rings. The number of nitrogens with two attached hydrogens (primary N) is 1. The quantitative estimate of drug-likeness (QED) is 0.199. The first-order chi connectivity index (χ1) is 24.6. The van der Waals surface area contributed by atoms with Gasteiger partial charge in [-0.1, -0.05) is 54.9 Å². The van der Waals surface area contributed by atoms with Crippen molar-refractivity contribution in [1.82, 2.24) is 20.0 Å². The third-order valence-corrected chi connectivity index (χ3v) is 11.6. The number of nitrogens with one attached hydrogen (secondary N) is 1. The van der Waals surface area contributed by atoms with E-state index < -0.39 is 58.2 Å². The number of amides is 4. The average Bonchev–Trinajstić information content (AvgIpc) is 3.56. The van der Waals surface area contributed by atoms with Crippen LogP contribution in [0.1, 0.15) is 74.1 Å². The van der Waals surface area contributed by atoms with Crippen molar-refractivity contribution in [3.63, 3.8) is 0 Å². The van der Waals surface area contributed by atoms with Gasteiger partial charge in [-0.3, -0.25) is 24.1 Å². The SMILES string of the molecule is CC[C@@H](C)[C@@H]([C@@H](CC(=O)N1CCC[C@H]1[C@H](OC)[C@@H](C)C(=O)N(c1ccc(N)cc1)S(C)(=O)=O)OC)N(C)C(=O)[C@@H](NC(=O)[C@H](C(C)C)N(C)C)C(C)C. The van der Waals surface area contributed by atoms with Crippen LogP contribution in [0.3, 0.4) is 0 Å². The first-order valence-corrected chi connectivity index (χ1v) is 20.5. The smallest absolute Gasteiger partial charge is 0.246 e. The minimum atomic E-state index is -4.02. The summed E-state index contributed by atoms with van der Waals surface area (Å²) >= 11 is 0. The fourth-order valence-electron chi connectivity index (χ4n) is 7.68. The Bertz CT molecular complexity index is 1480. The van der Waals surface area contributed by atoms with Gasteiger partial charge in [0.25, 0.3) is 0 Å². The molecule has 53 heavy (non-hydrogen) atoms. The molecule has 14 nitrogen and oxygen atoms in total. The van der Waals surface area contributed by atoms with E-state index in [1.165, 1.54) is 38.5 Å². The molecule has 1 aromatic rings. The third-order valence-electron chi connectivity index (χ3n) is 10.6. The maximum Gasteiger partial charge on any atom is 0.246 e. The number of anilines is 2. The van der Waals surface area contributed by atoms with Crippen LogP contribution >= 0.6 is 0 Å². The van der Waals surface area contributed by atoms with Gasteiger partial charge in [-0.05, 0) is 69.0 Å². The highest BCUT2D eigenvalue weighted by molar-refractivity contribution is 7.92. The topological polar surface area (TPSA) is 172 Å². The number of hydrogen-bond donors (Lipinski definition) is 2. The molecule has 0 bridgehead atoms. The van der Waals surface area contributed by atoms with Gasteiger partial charge in [0.05, 0.1) is 54.6 Å². The van der Waals surface area contributed by atoms with Crippen LogP contribution in [0.5, 0.6) is 0 Å². The number of carbonyl (C=O) groups excluding carboxylic acids is 4. The summed E-state index contributed by atoms with van der Waals surface area (Å²) in [6.45, 7) is 13.8. The second kappa shape index (κ2) is 19.9. The summed E-state index contributed by atoms with van der Waals surface area (Å²) in [5.41, 5.74) is 6.38. The average molecular weight is 767 g/mol. The Morgan fingerprint density at radius 1 is 0.943 bits per heavy atom. The van der Waals surface area contributed by atoms with E-state index in [0.29, 0.717) is 31.5 Å². The molecule has 0 spiro atoms. The Morgan fingerprint density at radius 2 is 1.53 bits per heavy atom. The number of ether oxygens (including phenoxy) is 2. The van der Waals surface area contributed by atoms with Crippen LogP contribution in [0.15, 0.2) is 24.3 Å². The lowest BCUT2D eigenvalue weighted by Gasteiger charge is -2.41. The minimum Gasteiger partial charge on any atom is -0.399 e. The van der Waals surface area contributed by atoms with E-state index in [1.807, 2.05) is 60.5 Å². The van der Waals surface area contributed by atoms with Gasteiger partial charge in [0.1, 0.15) is 6.04 Å². The van der Waals surface area contributed by atoms with Crippen molar-refractivity contribution in [1.29, 1.82) is 0 Å². The number of nitrogens with zero attached hydrogens (tertiary/aromatic N) is 4. The van der Waals surface area contributed by atoms with Crippen LogP contribution in [0.25, 0.3) is 0 Å². The number of rotatable bonds is 19. The first-order valence-electron chi connectivity index (χ1n) is 18.6. The summed E-state index contributed by atoms with van der Waals surface area (Å²) in [7, 11) is 4.33. The van der Waals surface area contributed by atoms with Crippen LogP contribution in [-0.4, -0.2) is 131 Å². The molecule has 302 valence electrons. The summed E-state index contributed by atoms with van der Waals surface area (Å²) in [5, 5.41) is 3.01. The zero-order chi connectivity index (χ0) is 40.5. The van der Waals surface area contributed by atoms with Gasteiger partial charge in [-0.25, -0.2) is 12.7 Å². The monoisotopic (exact) mass is 766 g/mol. The molecule has 1 fully saturated rings. The zero-order valence-corrected chi connectivity index (χ0v) is 35.0. The summed E-state index contributed by atoms with van der Waals surface area (Å²) in [6.07, 6.45) is 1.33. The molecule has 3 N–H and O–H groups in total. The minimum absolute atomic E-state index is 0.0259. The van der Waals surface area contributed by atoms with E-state index in [0.717, 1.165) is 10.6 Å². The molecule has 1 heterocycles. The highest BCUT2D eigenvalue weighted by Crippen LogP contribution is 2.31. The Hall–Kier alpha value is -3.27. The highest BCUT2D eigenvalue weighted by Gasteiger charge is 2.44. The molecule has 4 amide bonds. The molecule has 8 atom stereocenters. The maximum atomic E-state index is 14.2. The molecule has 0 aromatic heterocycles. The molecule has 0 saturated carbocycles. The zero-order valence-electron chi connectivity index (χ0n) is 34.2. The standard InChI is InChI=1S/C38H66N6O8S/c1-14-25(6)34(42(10)38(48)32(23(2)3)40-36(46)33(24(4)5)41(8)9)30(51-11)22-31(45)43-21-15-16-29(43)35(52-12)26(7)37(47)44(53(13,49)50)28-19-17-27(39)18-20-28/h17-20,23-26,29-30,32-35H,14-16,21-22,39H2,1-13H3,(H,40,46)/t25-,26-,29+,30-,32+,33+,34+,35-/m1/s1. The van der Waals surface area contributed by atoms with Gasteiger partial charge < -0.3 is 30.3 Å². The van der Waals surface area contributed by atoms with E-state index >= 15 is 0 Å². The fraction of sp³-hybridized carbons (Fsp3) is 0.737. The van der Waals surface area contributed by atoms with Gasteiger partial charge in [-0.2, -0.15) is 0 Å². The number of hydrogen-bond acceptors (Lipinski definition) is 10. The predicted octanol–water partition coefficient (Wildman–Crippen LogP) is 3.21. The largest absolute Gasteiger partial charge is 0.399 e. The van der Waals surface area contributed by atoms with Crippen molar-refractivity contribution in [2.75, 3.05) is 58.2 Å². The van der Waals surface area contributed by atoms with Crippen molar-refractivity contribution >= 4 is 45.0 Å². The molecular weight excluding hydrogens is 701 g/mol. The molecule has 0 unspecified atom stereocenters. The lowest BCUT2D eigenvalue weighted by atomic mass is 9.89. The lowest BCUT2D eigenvalue weighted by molar-refractivity contribution is -0.147. The van der Waals surface area contributed by atoms with Crippen LogP contribution in [0, 0.1) is 23.7 Å². The van der Waals surface area contributed by atoms with Crippen molar-refractivity contribution in [2.24, 2.45) is 23.7 Å². The van der Waals surface area contributed by atoms with Crippen molar-refractivity contribution in [2.45, 2.75) is 111 Å². The molecule has 1 aliphatic heterocycles. The lowest BCUT2D eigenvalue weighted by Crippen LogP contribution is -2.59. The Balaban J connectivity index is 2.37. The van der Waals surface area contributed by atoms with Crippen molar-refractivity contribution in [3.05, 3.63) is 24.3 Å². The second-order valence-corrected chi connectivity index (χ2v) is 17.3. The van der Waals surface area contributed by atoms with Crippen LogP contribution in [-0.2, 0) is 38.7 Å². The van der Waals surface area contributed by atoms with Gasteiger partial charge in [0.2, 0.25) is 33.7 Å². The molecular formula is C38H66N6O8S. The van der Waals surface area contributed by atoms with Gasteiger partial charge in [0, 0.05) is 33.5 Å². The first kappa shape index (κ1) is 45.9. The normalized spacial score (nSPS) is 19.0. The Kier molecular flexibility index (Phi) is 17.2. The molecule has 2 rings (SSSR count). The molecule has 1 saturated heterocycles. The number of likely N-dealkylation sites (N-methyl/N-ethyl adjacent to an activating group) is 2. The summed E-state index contributed by atoms with van der Waals surface area (Å²) in [5.74, 6) is -2.59. The maximum absolute atomic E-state index is 14.2. The molecule has 0 radical (unpaired) electrons. The summed E-state index contributed by atoms with van der Waals surface area (Å²) in [6, 6.07) is 3.76. The molecule has 0 aliphatic carbocycles. The number of benzene rings is 1. The number of carbonyl (C=O) groups is 4. The number of likely N-dealkylation sites (tertiary alicyclic amines) is 1. The fourth-order valence-corrected chi connectivity index (χ4v) is 8.68. The highest BCUT2D eigenvalue weighted by atomic mass is 32.2. The summed E-state index contributed by atoms with van der Waals surface area (Å²) in [4.78, 5) is 60.9. The van der Waals surface area contributed by atoms with Crippen molar-refractivity contribution in [3.8, 4) is 0 Å². The van der Waals surface area contributed by atoms with E-state index in [4.69, 9.17) is 15.2 Å². The third kappa shape index (κ3) is 11.4. The van der Waals surface area contributed by atoms with Crippen molar-refractivity contribution < 1.29 is 37.1 Å². The Morgan fingerprint density at radius 3 is 1.98 bits per heavy atom.